The second-order valence-electron chi connectivity index (χ2n) is 4.42. The van der Waals surface area contributed by atoms with Crippen molar-refractivity contribution in [2.24, 2.45) is 5.10 Å². The minimum atomic E-state index is 0.768. The van der Waals surface area contributed by atoms with E-state index >= 15 is 0 Å². The number of rotatable bonds is 3. The molecule has 0 bridgehead atoms. The Hall–Kier alpha value is -1.82. The summed E-state index contributed by atoms with van der Waals surface area (Å²) in [5, 5.41) is 13.9. The van der Waals surface area contributed by atoms with Crippen molar-refractivity contribution in [2.75, 3.05) is 11.5 Å². The van der Waals surface area contributed by atoms with Crippen molar-refractivity contribution in [3.8, 4) is 0 Å². The van der Waals surface area contributed by atoms with Gasteiger partial charge in [-0.3, -0.25) is 0 Å². The molecule has 5 nitrogen and oxygen atoms in total. The van der Waals surface area contributed by atoms with Crippen LogP contribution in [-0.4, -0.2) is 26.3 Å². The van der Waals surface area contributed by atoms with E-state index in [1.807, 2.05) is 28.9 Å². The first-order valence-electron chi connectivity index (χ1n) is 6.29. The Bertz CT molecular complexity index is 614. The molecule has 0 radical (unpaired) electrons. The zero-order valence-corrected chi connectivity index (χ0v) is 11.5. The van der Waals surface area contributed by atoms with Crippen molar-refractivity contribution in [1.29, 1.82) is 0 Å². The molecule has 0 aliphatic carbocycles. The number of nitrogen functional groups attached to an aromatic ring is 1. The molecule has 19 heavy (non-hydrogen) atoms. The molecule has 1 aromatic carbocycles. The van der Waals surface area contributed by atoms with Crippen LogP contribution >= 0.6 is 11.8 Å². The van der Waals surface area contributed by atoms with Gasteiger partial charge in [0, 0.05) is 17.9 Å². The molecular weight excluding hydrogens is 258 g/mol. The molecule has 2 aromatic rings. The number of anilines is 1. The molecule has 1 aliphatic heterocycles. The van der Waals surface area contributed by atoms with E-state index in [2.05, 4.69) is 22.2 Å². The van der Waals surface area contributed by atoms with E-state index in [1.54, 1.807) is 11.8 Å². The van der Waals surface area contributed by atoms with Crippen LogP contribution in [0.3, 0.4) is 0 Å². The van der Waals surface area contributed by atoms with Crippen LogP contribution in [0, 0.1) is 0 Å². The fraction of sp³-hybridized carbons (Fsp3) is 0.308. The first kappa shape index (κ1) is 12.2. The van der Waals surface area contributed by atoms with E-state index in [0.717, 1.165) is 46.5 Å². The third-order valence-electron chi connectivity index (χ3n) is 2.95. The van der Waals surface area contributed by atoms with Crippen molar-refractivity contribution in [3.05, 3.63) is 35.7 Å². The number of thioether (sulfide) groups is 1. The highest BCUT2D eigenvalue weighted by molar-refractivity contribution is 7.99. The lowest BCUT2D eigenvalue weighted by Gasteiger charge is -2.13. The Labute approximate surface area is 115 Å². The van der Waals surface area contributed by atoms with Gasteiger partial charge in [-0.1, -0.05) is 30.8 Å². The van der Waals surface area contributed by atoms with Crippen molar-refractivity contribution >= 4 is 23.2 Å². The van der Waals surface area contributed by atoms with Crippen LogP contribution in [0.25, 0.3) is 0 Å². The third-order valence-corrected chi connectivity index (χ3v) is 3.88. The van der Waals surface area contributed by atoms with Gasteiger partial charge in [0.2, 0.25) is 5.16 Å². The highest BCUT2D eigenvalue weighted by Crippen LogP contribution is 2.24. The first-order chi connectivity index (χ1) is 9.28. The summed E-state index contributed by atoms with van der Waals surface area (Å²) in [5.74, 6) is 1.74. The number of aryl methyl sites for hydroxylation is 1. The van der Waals surface area contributed by atoms with Gasteiger partial charge < -0.3 is 5.73 Å². The molecule has 0 spiro atoms. The van der Waals surface area contributed by atoms with Gasteiger partial charge in [0.25, 0.3) is 0 Å². The Kier molecular flexibility index (Phi) is 3.25. The second-order valence-corrected chi connectivity index (χ2v) is 5.36. The lowest BCUT2D eigenvalue weighted by Crippen LogP contribution is -2.14. The van der Waals surface area contributed by atoms with Gasteiger partial charge in [-0.25, -0.2) is 0 Å². The zero-order valence-electron chi connectivity index (χ0n) is 10.7. The molecule has 2 N–H and O–H groups in total. The maximum absolute atomic E-state index is 5.71. The lowest BCUT2D eigenvalue weighted by molar-refractivity contribution is 0.693. The number of aromatic nitrogens is 3. The van der Waals surface area contributed by atoms with Gasteiger partial charge in [-0.05, 0) is 24.1 Å². The minimum Gasteiger partial charge on any atom is -0.399 e. The van der Waals surface area contributed by atoms with E-state index < -0.39 is 0 Å². The quantitative estimate of drug-likeness (QED) is 0.870. The molecule has 2 heterocycles. The van der Waals surface area contributed by atoms with Crippen molar-refractivity contribution in [1.82, 2.24) is 14.9 Å². The molecule has 0 amide bonds. The molecule has 3 rings (SSSR count). The standard InChI is InChI=1S/C13H15N5S/c1-2-3-12-15-16-13-18(12)17-11(8-19-13)9-4-6-10(14)7-5-9/h4-7H,2-3,8,14H2,1H3. The largest absolute Gasteiger partial charge is 0.399 e. The Morgan fingerprint density at radius 2 is 2.05 bits per heavy atom. The van der Waals surface area contributed by atoms with E-state index in [-0.39, 0.29) is 0 Å². The molecule has 0 saturated carbocycles. The van der Waals surface area contributed by atoms with Crippen molar-refractivity contribution < 1.29 is 0 Å². The highest BCUT2D eigenvalue weighted by Gasteiger charge is 2.19. The average Bonchev–Trinajstić information content (AvgIpc) is 2.83. The number of nitrogens with zero attached hydrogens (tertiary/aromatic N) is 4. The fourth-order valence-corrected chi connectivity index (χ4v) is 2.82. The van der Waals surface area contributed by atoms with Crippen LogP contribution in [0.15, 0.2) is 34.5 Å². The van der Waals surface area contributed by atoms with E-state index in [1.165, 1.54) is 0 Å². The van der Waals surface area contributed by atoms with E-state index in [0.29, 0.717) is 0 Å². The highest BCUT2D eigenvalue weighted by atomic mass is 32.2. The number of fused-ring (bicyclic) bond motifs is 1. The molecule has 1 aliphatic rings. The summed E-state index contributed by atoms with van der Waals surface area (Å²) < 4.78 is 1.86. The smallest absolute Gasteiger partial charge is 0.212 e. The summed E-state index contributed by atoms with van der Waals surface area (Å²) in [6.07, 6.45) is 1.93. The average molecular weight is 273 g/mol. The normalized spacial score (nSPS) is 14.1. The molecule has 0 saturated heterocycles. The molecule has 98 valence electrons. The monoisotopic (exact) mass is 273 g/mol. The van der Waals surface area contributed by atoms with Gasteiger partial charge >= 0.3 is 0 Å². The summed E-state index contributed by atoms with van der Waals surface area (Å²) in [4.78, 5) is 0. The molecular formula is C13H15N5S. The Morgan fingerprint density at radius 1 is 1.26 bits per heavy atom. The van der Waals surface area contributed by atoms with Gasteiger partial charge in [0.1, 0.15) is 0 Å². The van der Waals surface area contributed by atoms with Gasteiger partial charge in [-0.2, -0.15) is 9.78 Å². The predicted octanol–water partition coefficient (Wildman–Crippen LogP) is 2.17. The van der Waals surface area contributed by atoms with Crippen LogP contribution in [-0.2, 0) is 6.42 Å². The zero-order chi connectivity index (χ0) is 13.2. The van der Waals surface area contributed by atoms with Crippen LogP contribution < -0.4 is 5.73 Å². The maximum Gasteiger partial charge on any atom is 0.212 e. The number of nitrogens with two attached hydrogens (primary N) is 1. The van der Waals surface area contributed by atoms with Crippen LogP contribution in [0.5, 0.6) is 0 Å². The maximum atomic E-state index is 5.71. The summed E-state index contributed by atoms with van der Waals surface area (Å²) in [6, 6.07) is 7.81. The van der Waals surface area contributed by atoms with Crippen molar-refractivity contribution in [2.45, 2.75) is 24.9 Å². The van der Waals surface area contributed by atoms with Crippen molar-refractivity contribution in [3.63, 3.8) is 0 Å². The molecule has 0 fully saturated rings. The Morgan fingerprint density at radius 3 is 2.79 bits per heavy atom. The third kappa shape index (κ3) is 2.35. The number of hydrogen-bond acceptors (Lipinski definition) is 5. The molecule has 0 unspecified atom stereocenters. The minimum absolute atomic E-state index is 0.768. The molecule has 6 heteroatoms. The second kappa shape index (κ2) is 5.05. The predicted molar refractivity (Wildman–Crippen MR) is 77.5 cm³/mol. The fourth-order valence-electron chi connectivity index (χ4n) is 1.96. The van der Waals surface area contributed by atoms with Crippen LogP contribution in [0.2, 0.25) is 0 Å². The number of benzene rings is 1. The Balaban J connectivity index is 1.98. The van der Waals surface area contributed by atoms with Gasteiger partial charge in [0.15, 0.2) is 5.82 Å². The van der Waals surface area contributed by atoms with Crippen LogP contribution in [0.4, 0.5) is 5.69 Å². The lowest BCUT2D eigenvalue weighted by atomic mass is 10.1. The van der Waals surface area contributed by atoms with Gasteiger partial charge in [-0.15, -0.1) is 10.2 Å². The number of hydrogen-bond donors (Lipinski definition) is 1. The summed E-state index contributed by atoms with van der Waals surface area (Å²) in [5.41, 5.74) is 8.61. The van der Waals surface area contributed by atoms with Crippen LogP contribution in [0.1, 0.15) is 24.7 Å². The summed E-state index contributed by atoms with van der Waals surface area (Å²) in [6.45, 7) is 2.13. The van der Waals surface area contributed by atoms with Gasteiger partial charge in [0.05, 0.1) is 5.71 Å². The molecule has 1 aromatic heterocycles. The first-order valence-corrected chi connectivity index (χ1v) is 7.27. The molecule has 0 atom stereocenters. The summed E-state index contributed by atoms with van der Waals surface area (Å²) >= 11 is 1.67. The van der Waals surface area contributed by atoms with E-state index in [9.17, 15) is 0 Å². The SMILES string of the molecule is CCCc1nnc2n1N=C(c1ccc(N)cc1)CS2. The topological polar surface area (TPSA) is 69.1 Å². The van der Waals surface area contributed by atoms with E-state index in [4.69, 9.17) is 5.73 Å². The summed E-state index contributed by atoms with van der Waals surface area (Å²) in [7, 11) is 0.